The molecular weight excluding hydrogens is 323 g/mol. The fourth-order valence-electron chi connectivity index (χ4n) is 2.21. The van der Waals surface area contributed by atoms with Gasteiger partial charge < -0.3 is 5.84 Å². The number of nitrogens with zero attached hydrogens (tertiary/aromatic N) is 3. The van der Waals surface area contributed by atoms with Crippen molar-refractivity contribution in [3.63, 3.8) is 0 Å². The van der Waals surface area contributed by atoms with Gasteiger partial charge >= 0.3 is 0 Å². The van der Waals surface area contributed by atoms with Crippen LogP contribution in [0.4, 0.5) is 4.39 Å². The summed E-state index contributed by atoms with van der Waals surface area (Å²) < 4.78 is 15.1. The third-order valence-corrected chi connectivity index (χ3v) is 4.36. The molecule has 3 aromatic rings. The van der Waals surface area contributed by atoms with Crippen molar-refractivity contribution in [3.8, 4) is 0 Å². The Hall–Kier alpha value is -2.60. The summed E-state index contributed by atoms with van der Waals surface area (Å²) in [4.78, 5) is 0. The molecule has 0 radical (unpaired) electrons. The van der Waals surface area contributed by atoms with Crippen LogP contribution >= 0.6 is 11.8 Å². The Balaban J connectivity index is 1.61. The van der Waals surface area contributed by atoms with Gasteiger partial charge in [0, 0.05) is 12.2 Å². The number of aromatic nitrogens is 3. The Morgan fingerprint density at radius 2 is 1.79 bits per heavy atom. The number of halogens is 1. The van der Waals surface area contributed by atoms with Gasteiger partial charge in [-0.05, 0) is 17.2 Å². The second-order valence-electron chi connectivity index (χ2n) is 5.16. The number of nitrogens with two attached hydrogens (primary N) is 1. The fourth-order valence-corrected chi connectivity index (χ4v) is 2.89. The van der Waals surface area contributed by atoms with E-state index in [4.69, 9.17) is 5.84 Å². The molecule has 0 aliphatic heterocycles. The van der Waals surface area contributed by atoms with Crippen LogP contribution in [0, 0.1) is 5.82 Å². The predicted molar refractivity (Wildman–Crippen MR) is 95.6 cm³/mol. The first-order valence-corrected chi connectivity index (χ1v) is 8.50. The van der Waals surface area contributed by atoms with Gasteiger partial charge in [0.2, 0.25) is 5.16 Å². The number of thioether (sulfide) groups is 1. The van der Waals surface area contributed by atoms with E-state index >= 15 is 0 Å². The van der Waals surface area contributed by atoms with Gasteiger partial charge in [-0.1, -0.05) is 72.4 Å². The SMILES string of the molecule is Nn1c(Cc2ccccc2F)nnc1SCC=Cc1ccccc1. The van der Waals surface area contributed by atoms with Gasteiger partial charge in [0.15, 0.2) is 5.82 Å². The number of nitrogen functional groups attached to an aromatic ring is 1. The Kier molecular flexibility index (Phi) is 5.28. The van der Waals surface area contributed by atoms with Gasteiger partial charge in [0.25, 0.3) is 0 Å². The molecule has 0 saturated carbocycles. The highest BCUT2D eigenvalue weighted by Crippen LogP contribution is 2.18. The molecule has 0 aliphatic carbocycles. The van der Waals surface area contributed by atoms with E-state index in [0.717, 1.165) is 11.3 Å². The van der Waals surface area contributed by atoms with Crippen LogP contribution in [-0.4, -0.2) is 20.6 Å². The summed E-state index contributed by atoms with van der Waals surface area (Å²) in [7, 11) is 0. The molecule has 0 spiro atoms. The van der Waals surface area contributed by atoms with Crippen molar-refractivity contribution in [1.29, 1.82) is 0 Å². The zero-order chi connectivity index (χ0) is 16.8. The van der Waals surface area contributed by atoms with Crippen molar-refractivity contribution in [2.24, 2.45) is 0 Å². The van der Waals surface area contributed by atoms with E-state index in [1.165, 1.54) is 22.5 Å². The minimum Gasteiger partial charge on any atom is -0.336 e. The third kappa shape index (κ3) is 4.02. The van der Waals surface area contributed by atoms with E-state index in [-0.39, 0.29) is 5.82 Å². The topological polar surface area (TPSA) is 56.7 Å². The van der Waals surface area contributed by atoms with Gasteiger partial charge in [-0.25, -0.2) is 9.07 Å². The lowest BCUT2D eigenvalue weighted by Gasteiger charge is -2.04. The van der Waals surface area contributed by atoms with Crippen LogP contribution in [-0.2, 0) is 6.42 Å². The summed E-state index contributed by atoms with van der Waals surface area (Å²) >= 11 is 1.49. The predicted octanol–water partition coefficient (Wildman–Crippen LogP) is 3.53. The van der Waals surface area contributed by atoms with Crippen LogP contribution in [0.15, 0.2) is 65.8 Å². The normalized spacial score (nSPS) is 11.2. The molecule has 24 heavy (non-hydrogen) atoms. The lowest BCUT2D eigenvalue weighted by Crippen LogP contribution is -2.14. The van der Waals surface area contributed by atoms with E-state index in [9.17, 15) is 4.39 Å². The van der Waals surface area contributed by atoms with Crippen LogP contribution in [0.25, 0.3) is 6.08 Å². The van der Waals surface area contributed by atoms with Crippen molar-refractivity contribution in [2.45, 2.75) is 11.6 Å². The molecule has 0 bridgehead atoms. The van der Waals surface area contributed by atoms with Gasteiger partial charge in [-0.2, -0.15) is 0 Å². The van der Waals surface area contributed by atoms with Gasteiger partial charge in [0.1, 0.15) is 5.82 Å². The summed E-state index contributed by atoms with van der Waals surface area (Å²) in [5.41, 5.74) is 1.70. The summed E-state index contributed by atoms with van der Waals surface area (Å²) in [6.45, 7) is 0. The van der Waals surface area contributed by atoms with Crippen molar-refractivity contribution in [2.75, 3.05) is 11.6 Å². The quantitative estimate of drug-likeness (QED) is 0.551. The molecule has 6 heteroatoms. The van der Waals surface area contributed by atoms with Crippen LogP contribution in [0.3, 0.4) is 0 Å². The Bertz CT molecular complexity index is 830. The maximum Gasteiger partial charge on any atom is 0.210 e. The van der Waals surface area contributed by atoms with E-state index in [1.54, 1.807) is 18.2 Å². The van der Waals surface area contributed by atoms with Crippen LogP contribution in [0.2, 0.25) is 0 Å². The molecule has 4 nitrogen and oxygen atoms in total. The molecular formula is C18H17FN4S. The lowest BCUT2D eigenvalue weighted by molar-refractivity contribution is 0.610. The van der Waals surface area contributed by atoms with Crippen molar-refractivity contribution in [1.82, 2.24) is 14.9 Å². The minimum absolute atomic E-state index is 0.263. The minimum atomic E-state index is -0.263. The lowest BCUT2D eigenvalue weighted by atomic mass is 10.1. The molecule has 2 N–H and O–H groups in total. The van der Waals surface area contributed by atoms with Crippen LogP contribution < -0.4 is 5.84 Å². The fraction of sp³-hybridized carbons (Fsp3) is 0.111. The number of hydrogen-bond donors (Lipinski definition) is 1. The largest absolute Gasteiger partial charge is 0.336 e. The summed E-state index contributed by atoms with van der Waals surface area (Å²) in [5, 5.41) is 8.76. The van der Waals surface area contributed by atoms with Gasteiger partial charge in [-0.3, -0.25) is 0 Å². The van der Waals surface area contributed by atoms with Crippen molar-refractivity contribution in [3.05, 3.63) is 83.4 Å². The second-order valence-corrected chi connectivity index (χ2v) is 6.15. The van der Waals surface area contributed by atoms with Crippen molar-refractivity contribution >= 4 is 17.8 Å². The van der Waals surface area contributed by atoms with E-state index < -0.39 is 0 Å². The third-order valence-electron chi connectivity index (χ3n) is 3.46. The van der Waals surface area contributed by atoms with Gasteiger partial charge in [0.05, 0.1) is 0 Å². The molecule has 0 saturated heterocycles. The van der Waals surface area contributed by atoms with Crippen LogP contribution in [0.5, 0.6) is 0 Å². The highest BCUT2D eigenvalue weighted by Gasteiger charge is 2.12. The molecule has 2 aromatic carbocycles. The van der Waals surface area contributed by atoms with E-state index in [1.807, 2.05) is 42.5 Å². The average Bonchev–Trinajstić information content (AvgIpc) is 2.95. The molecule has 122 valence electrons. The van der Waals surface area contributed by atoms with Gasteiger partial charge in [-0.15, -0.1) is 10.2 Å². The molecule has 0 unspecified atom stereocenters. The zero-order valence-corrected chi connectivity index (χ0v) is 13.8. The first-order chi connectivity index (χ1) is 11.7. The standard InChI is InChI=1S/C18H17FN4S/c19-16-11-5-4-10-15(16)13-17-21-22-18(23(17)20)24-12-6-9-14-7-2-1-3-8-14/h1-11H,12-13,20H2. The Morgan fingerprint density at radius 3 is 2.58 bits per heavy atom. The maximum atomic E-state index is 13.7. The molecule has 0 aliphatic rings. The molecule has 1 heterocycles. The van der Waals surface area contributed by atoms with Crippen molar-refractivity contribution < 1.29 is 4.39 Å². The molecule has 0 fully saturated rings. The Labute approximate surface area is 144 Å². The first kappa shape index (κ1) is 16.3. The molecule has 3 rings (SSSR count). The molecule has 1 aromatic heterocycles. The Morgan fingerprint density at radius 1 is 1.04 bits per heavy atom. The second kappa shape index (κ2) is 7.79. The monoisotopic (exact) mass is 340 g/mol. The molecule has 0 amide bonds. The number of hydrogen-bond acceptors (Lipinski definition) is 4. The summed E-state index contributed by atoms with van der Waals surface area (Å²) in [6.07, 6.45) is 4.41. The highest BCUT2D eigenvalue weighted by molar-refractivity contribution is 7.99. The summed E-state index contributed by atoms with van der Waals surface area (Å²) in [5.74, 6) is 7.02. The maximum absolute atomic E-state index is 13.7. The number of rotatable bonds is 6. The van der Waals surface area contributed by atoms with Crippen LogP contribution in [0.1, 0.15) is 17.0 Å². The van der Waals surface area contributed by atoms with E-state index in [2.05, 4.69) is 10.2 Å². The number of benzene rings is 2. The first-order valence-electron chi connectivity index (χ1n) is 7.51. The zero-order valence-electron chi connectivity index (χ0n) is 13.0. The summed E-state index contributed by atoms with van der Waals surface area (Å²) in [6, 6.07) is 16.7. The van der Waals surface area contributed by atoms with E-state index in [0.29, 0.717) is 23.0 Å². The smallest absolute Gasteiger partial charge is 0.210 e. The highest BCUT2D eigenvalue weighted by atomic mass is 32.2. The molecule has 0 atom stereocenters. The average molecular weight is 340 g/mol.